The van der Waals surface area contributed by atoms with Crippen LogP contribution in [0.3, 0.4) is 0 Å². The molecule has 4 rings (SSSR count). The summed E-state index contributed by atoms with van der Waals surface area (Å²) in [6, 6.07) is 13.5. The third-order valence-corrected chi connectivity index (χ3v) is 6.81. The van der Waals surface area contributed by atoms with Gasteiger partial charge in [0.15, 0.2) is 11.5 Å². The van der Waals surface area contributed by atoms with Gasteiger partial charge in [-0.1, -0.05) is 12.1 Å². The number of imide groups is 2. The van der Waals surface area contributed by atoms with Crippen molar-refractivity contribution in [2.24, 2.45) is 0 Å². The summed E-state index contributed by atoms with van der Waals surface area (Å²) in [5, 5.41) is 11.5. The van der Waals surface area contributed by atoms with Crippen molar-refractivity contribution in [1.82, 2.24) is 5.32 Å². The Morgan fingerprint density at radius 2 is 1.74 bits per heavy atom. The Labute approximate surface area is 255 Å². The van der Waals surface area contributed by atoms with E-state index in [1.165, 1.54) is 31.4 Å². The van der Waals surface area contributed by atoms with Gasteiger partial charge in [-0.25, -0.2) is 14.5 Å². The van der Waals surface area contributed by atoms with Gasteiger partial charge in [0.2, 0.25) is 0 Å². The van der Waals surface area contributed by atoms with Gasteiger partial charge in [-0.3, -0.25) is 14.9 Å². The maximum Gasteiger partial charge on any atom is 0.336 e. The number of barbiturate groups is 1. The quantitative estimate of drug-likeness (QED) is 0.161. The summed E-state index contributed by atoms with van der Waals surface area (Å²) in [5.74, 6) is -1.33. The van der Waals surface area contributed by atoms with E-state index in [2.05, 4.69) is 5.32 Å². The van der Waals surface area contributed by atoms with Gasteiger partial charge in [0.25, 0.3) is 11.8 Å². The zero-order valence-corrected chi connectivity index (χ0v) is 25.1. The van der Waals surface area contributed by atoms with Crippen molar-refractivity contribution >= 4 is 58.2 Å². The van der Waals surface area contributed by atoms with Crippen LogP contribution in [-0.2, 0) is 16.2 Å². The number of carbonyl (C=O) groups excluding carboxylic acids is 3. The minimum atomic E-state index is -1.04. The number of aromatic carboxylic acids is 1. The van der Waals surface area contributed by atoms with E-state index in [4.69, 9.17) is 18.9 Å². The van der Waals surface area contributed by atoms with Crippen molar-refractivity contribution < 1.29 is 43.2 Å². The summed E-state index contributed by atoms with van der Waals surface area (Å²) in [5.41, 5.74) is 1.08. The van der Waals surface area contributed by atoms with Crippen molar-refractivity contribution in [2.45, 2.75) is 20.5 Å². The van der Waals surface area contributed by atoms with Gasteiger partial charge in [-0.05, 0) is 90.0 Å². The fraction of sp³-hybridized carbons (Fsp3) is 0.200. The monoisotopic (exact) mass is 686 g/mol. The Morgan fingerprint density at radius 3 is 2.43 bits per heavy atom. The first-order valence-corrected chi connectivity index (χ1v) is 13.9. The summed E-state index contributed by atoms with van der Waals surface area (Å²) in [4.78, 5) is 51.4. The topological polar surface area (TPSA) is 141 Å². The lowest BCUT2D eigenvalue weighted by Crippen LogP contribution is -2.54. The molecular formula is C30H27IN2O9. The fourth-order valence-electron chi connectivity index (χ4n) is 4.16. The van der Waals surface area contributed by atoms with Gasteiger partial charge in [-0.15, -0.1) is 0 Å². The number of carbonyl (C=O) groups is 4. The van der Waals surface area contributed by atoms with Gasteiger partial charge < -0.3 is 24.1 Å². The normalized spacial score (nSPS) is 14.0. The Morgan fingerprint density at radius 1 is 0.976 bits per heavy atom. The highest BCUT2D eigenvalue weighted by atomic mass is 127. The van der Waals surface area contributed by atoms with Crippen LogP contribution in [0.25, 0.3) is 6.08 Å². The number of nitrogens with one attached hydrogen (secondary N) is 1. The lowest BCUT2D eigenvalue weighted by atomic mass is 10.1. The molecule has 0 unspecified atom stereocenters. The van der Waals surface area contributed by atoms with Crippen LogP contribution >= 0.6 is 22.6 Å². The molecule has 3 aromatic rings. The molecule has 0 spiro atoms. The van der Waals surface area contributed by atoms with Crippen LogP contribution in [-0.4, -0.2) is 49.2 Å². The van der Waals surface area contributed by atoms with Crippen molar-refractivity contribution in [3.05, 3.63) is 80.4 Å². The van der Waals surface area contributed by atoms with E-state index in [1.807, 2.05) is 22.6 Å². The Bertz CT molecular complexity index is 1580. The second kappa shape index (κ2) is 13.4. The van der Waals surface area contributed by atoms with Crippen LogP contribution < -0.4 is 29.2 Å². The Kier molecular flexibility index (Phi) is 9.68. The number of anilines is 1. The number of urea groups is 1. The molecule has 11 nitrogen and oxygen atoms in total. The third-order valence-electron chi connectivity index (χ3n) is 6.00. The maximum atomic E-state index is 13.6. The highest BCUT2D eigenvalue weighted by Gasteiger charge is 2.38. The van der Waals surface area contributed by atoms with Crippen molar-refractivity contribution in [1.29, 1.82) is 0 Å². The van der Waals surface area contributed by atoms with Gasteiger partial charge in [-0.2, -0.15) is 0 Å². The van der Waals surface area contributed by atoms with Crippen LogP contribution in [0.4, 0.5) is 10.5 Å². The number of methoxy groups -OCH3 is 1. The van der Waals surface area contributed by atoms with Crippen LogP contribution in [0, 0.1) is 3.57 Å². The number of hydrogen-bond acceptors (Lipinski definition) is 8. The van der Waals surface area contributed by atoms with Gasteiger partial charge >= 0.3 is 12.0 Å². The summed E-state index contributed by atoms with van der Waals surface area (Å²) in [6.07, 6.45) is 1.36. The third kappa shape index (κ3) is 6.65. The minimum Gasteiger partial charge on any atom is -0.494 e. The number of nitrogens with zero attached hydrogens (tertiary/aromatic N) is 1. The molecule has 218 valence electrons. The molecule has 0 radical (unpaired) electrons. The number of rotatable bonds is 11. The smallest absolute Gasteiger partial charge is 0.336 e. The molecule has 0 bridgehead atoms. The van der Waals surface area contributed by atoms with Crippen molar-refractivity contribution in [2.75, 3.05) is 25.2 Å². The molecule has 0 saturated carbocycles. The number of hydrogen-bond donors (Lipinski definition) is 2. The van der Waals surface area contributed by atoms with Gasteiger partial charge in [0.05, 0.1) is 35.1 Å². The average molecular weight is 686 g/mol. The minimum absolute atomic E-state index is 0.0782. The molecule has 1 aliphatic heterocycles. The number of carboxylic acid groups (broad SMARTS) is 1. The highest BCUT2D eigenvalue weighted by molar-refractivity contribution is 14.1. The number of halogens is 1. The largest absolute Gasteiger partial charge is 0.494 e. The molecular weight excluding hydrogens is 659 g/mol. The lowest BCUT2D eigenvalue weighted by molar-refractivity contribution is -0.122. The van der Waals surface area contributed by atoms with Crippen LogP contribution in [0.1, 0.15) is 35.3 Å². The summed E-state index contributed by atoms with van der Waals surface area (Å²) in [7, 11) is 1.44. The molecule has 2 N–H and O–H groups in total. The zero-order valence-electron chi connectivity index (χ0n) is 22.9. The molecule has 12 heteroatoms. The van der Waals surface area contributed by atoms with E-state index in [-0.39, 0.29) is 35.8 Å². The number of amides is 4. The molecule has 0 atom stereocenters. The van der Waals surface area contributed by atoms with Crippen molar-refractivity contribution in [3.63, 3.8) is 0 Å². The lowest BCUT2D eigenvalue weighted by Gasteiger charge is -2.28. The van der Waals surface area contributed by atoms with Crippen LogP contribution in [0.2, 0.25) is 0 Å². The zero-order chi connectivity index (χ0) is 30.4. The summed E-state index contributed by atoms with van der Waals surface area (Å²) in [6.45, 7) is 4.30. The second-order valence-electron chi connectivity index (χ2n) is 8.78. The molecule has 1 fully saturated rings. The van der Waals surface area contributed by atoms with E-state index in [0.717, 1.165) is 4.90 Å². The standard InChI is InChI=1S/C30H27IN2O9/c1-4-40-20-9-10-24(41-5-2)23(15-20)33-28(35)21(27(34)32-30(33)38)12-18-13-22(31)26(25(14-18)39-3)42-16-17-7-6-8-19(11-17)29(36)37/h6-15H,4-5,16H2,1-3H3,(H,36,37)(H,32,34,38)/b21-12+. The molecule has 3 aromatic carbocycles. The molecule has 42 heavy (non-hydrogen) atoms. The second-order valence-corrected chi connectivity index (χ2v) is 9.94. The molecule has 1 aliphatic rings. The average Bonchev–Trinajstić information content (AvgIpc) is 2.96. The van der Waals surface area contributed by atoms with Crippen molar-refractivity contribution in [3.8, 4) is 23.0 Å². The first-order valence-electron chi connectivity index (χ1n) is 12.8. The molecule has 1 heterocycles. The SMILES string of the molecule is CCOc1ccc(OCC)c(N2C(=O)NC(=O)/C(=C\c3cc(I)c(OCc4cccc(C(=O)O)c4)c(OC)c3)C2=O)c1. The first-order chi connectivity index (χ1) is 20.2. The van der Waals surface area contributed by atoms with E-state index in [1.54, 1.807) is 50.2 Å². The predicted octanol–water partition coefficient (Wildman–Crippen LogP) is 5.04. The van der Waals surface area contributed by atoms with Crippen LogP contribution in [0.5, 0.6) is 23.0 Å². The number of ether oxygens (including phenoxy) is 4. The predicted molar refractivity (Wildman–Crippen MR) is 161 cm³/mol. The maximum absolute atomic E-state index is 13.6. The first kappa shape index (κ1) is 30.4. The van der Waals surface area contributed by atoms with Gasteiger partial charge in [0, 0.05) is 6.07 Å². The van der Waals surface area contributed by atoms with E-state index >= 15 is 0 Å². The number of carboxylic acids is 1. The van der Waals surface area contributed by atoms with E-state index in [9.17, 15) is 24.3 Å². The molecule has 4 amide bonds. The molecule has 0 aliphatic carbocycles. The Balaban J connectivity index is 1.66. The van der Waals surface area contributed by atoms with Gasteiger partial charge in [0.1, 0.15) is 23.7 Å². The summed E-state index contributed by atoms with van der Waals surface area (Å²) >= 11 is 2.03. The molecule has 0 aromatic heterocycles. The van der Waals surface area contributed by atoms with Crippen LogP contribution in [0.15, 0.2) is 60.2 Å². The molecule has 1 saturated heterocycles. The highest BCUT2D eigenvalue weighted by Crippen LogP contribution is 2.37. The fourth-order valence-corrected chi connectivity index (χ4v) is 4.94. The van der Waals surface area contributed by atoms with E-state index < -0.39 is 23.8 Å². The van der Waals surface area contributed by atoms with E-state index in [0.29, 0.717) is 38.6 Å². The number of benzene rings is 3. The Hall–Kier alpha value is -4.59. The summed E-state index contributed by atoms with van der Waals surface area (Å²) < 4.78 is 23.2.